The van der Waals surface area contributed by atoms with Crippen LogP contribution >= 0.6 is 0 Å². The lowest BCUT2D eigenvalue weighted by atomic mass is 10.5. The van der Waals surface area contributed by atoms with Gasteiger partial charge in [-0.3, -0.25) is 0 Å². The number of aryl methyl sites for hydroxylation is 1. The zero-order chi connectivity index (χ0) is 8.27. The van der Waals surface area contributed by atoms with E-state index in [0.717, 1.165) is 0 Å². The fourth-order valence-corrected chi connectivity index (χ4v) is 0.681. The Morgan fingerprint density at radius 1 is 1.91 bits per heavy atom. The molecule has 0 bridgehead atoms. The largest absolute Gasteiger partial charge is 0.391 e. The molecule has 0 saturated heterocycles. The molecular formula is C6H5N4O+. The summed E-state index contributed by atoms with van der Waals surface area (Å²) in [5, 5.41) is 6.56. The van der Waals surface area contributed by atoms with Crippen LogP contribution in [0.15, 0.2) is 11.3 Å². The molecular weight excluding hydrogens is 144 g/mol. The summed E-state index contributed by atoms with van der Waals surface area (Å²) < 4.78 is 1.52. The summed E-state index contributed by atoms with van der Waals surface area (Å²) in [5.41, 5.74) is 0.104. The maximum absolute atomic E-state index is 10.2. The highest BCUT2D eigenvalue weighted by atomic mass is 16.1. The van der Waals surface area contributed by atoms with E-state index in [4.69, 9.17) is 5.41 Å². The molecule has 1 aromatic rings. The predicted molar refractivity (Wildman–Crippen MR) is 37.8 cm³/mol. The lowest BCUT2D eigenvalue weighted by Gasteiger charge is -1.79. The Balaban J connectivity index is 3.27. The summed E-state index contributed by atoms with van der Waals surface area (Å²) >= 11 is 0. The molecule has 54 valence electrons. The van der Waals surface area contributed by atoms with Crippen molar-refractivity contribution in [3.63, 3.8) is 0 Å². The lowest BCUT2D eigenvalue weighted by Crippen LogP contribution is -1.84. The SMILES string of the molecule is Cn1cnc([C+]=O)c1N=C=N. The molecule has 1 heterocycles. The molecule has 0 unspecified atom stereocenters. The summed E-state index contributed by atoms with van der Waals surface area (Å²) in [7, 11) is 1.67. The summed E-state index contributed by atoms with van der Waals surface area (Å²) in [6, 6.07) is 1.82. The monoisotopic (exact) mass is 149 g/mol. The van der Waals surface area contributed by atoms with E-state index in [1.165, 1.54) is 10.9 Å². The molecule has 0 aliphatic heterocycles. The van der Waals surface area contributed by atoms with Gasteiger partial charge in [-0.25, -0.2) is 9.98 Å². The first-order valence-electron chi connectivity index (χ1n) is 2.81. The molecule has 5 heteroatoms. The molecule has 0 radical (unpaired) electrons. The second kappa shape index (κ2) is 2.84. The van der Waals surface area contributed by atoms with Gasteiger partial charge in [0.05, 0.1) is 0 Å². The van der Waals surface area contributed by atoms with Crippen molar-refractivity contribution in [2.75, 3.05) is 0 Å². The van der Waals surface area contributed by atoms with E-state index in [-0.39, 0.29) is 5.69 Å². The molecule has 0 amide bonds. The number of hydrogen-bond donors (Lipinski definition) is 1. The number of carbonyl (C=O) groups excluding carboxylic acids is 1. The zero-order valence-electron chi connectivity index (χ0n) is 5.83. The van der Waals surface area contributed by atoms with Crippen LogP contribution in [0.4, 0.5) is 5.82 Å². The quantitative estimate of drug-likeness (QED) is 0.484. The first-order chi connectivity index (χ1) is 5.29. The third kappa shape index (κ3) is 1.19. The van der Waals surface area contributed by atoms with Gasteiger partial charge < -0.3 is 0 Å². The molecule has 1 rings (SSSR count). The first-order valence-corrected chi connectivity index (χ1v) is 2.81. The Morgan fingerprint density at radius 2 is 2.64 bits per heavy atom. The smallest absolute Gasteiger partial charge is 0.240 e. The third-order valence-corrected chi connectivity index (χ3v) is 1.16. The first kappa shape index (κ1) is 7.28. The maximum Gasteiger partial charge on any atom is 0.391 e. The standard InChI is InChI=1S/C6H5N4O/c1-10-4-9-5(2-11)6(10)8-3-7/h4,7H,1H3/q+1. The average Bonchev–Trinajstić information content (AvgIpc) is 2.34. The number of imidazole rings is 1. The molecule has 0 saturated carbocycles. The van der Waals surface area contributed by atoms with Crippen molar-refractivity contribution in [2.24, 2.45) is 12.0 Å². The van der Waals surface area contributed by atoms with Gasteiger partial charge in [-0.1, -0.05) is 9.79 Å². The van der Waals surface area contributed by atoms with Crippen LogP contribution in [0.25, 0.3) is 0 Å². The van der Waals surface area contributed by atoms with Crippen LogP contribution in [0.2, 0.25) is 0 Å². The molecule has 0 spiro atoms. The van der Waals surface area contributed by atoms with Crippen molar-refractivity contribution in [1.82, 2.24) is 9.55 Å². The van der Waals surface area contributed by atoms with Crippen molar-refractivity contribution < 1.29 is 4.79 Å². The van der Waals surface area contributed by atoms with Crippen LogP contribution in [0.3, 0.4) is 0 Å². The van der Waals surface area contributed by atoms with E-state index >= 15 is 0 Å². The summed E-state index contributed by atoms with van der Waals surface area (Å²) in [6.45, 7) is 0. The van der Waals surface area contributed by atoms with E-state index in [1.807, 2.05) is 6.01 Å². The van der Waals surface area contributed by atoms with Gasteiger partial charge in [0.1, 0.15) is 12.3 Å². The van der Waals surface area contributed by atoms with Gasteiger partial charge in [0, 0.05) is 7.05 Å². The van der Waals surface area contributed by atoms with Gasteiger partial charge in [0.15, 0.2) is 0 Å². The normalized spacial score (nSPS) is 8.45. The topological polar surface area (TPSA) is 71.1 Å². The third-order valence-electron chi connectivity index (χ3n) is 1.16. The van der Waals surface area contributed by atoms with Crippen LogP contribution < -0.4 is 0 Å². The summed E-state index contributed by atoms with van der Waals surface area (Å²) in [4.78, 5) is 17.3. The minimum Gasteiger partial charge on any atom is -0.240 e. The average molecular weight is 149 g/mol. The fraction of sp³-hybridized carbons (Fsp3) is 0.167. The lowest BCUT2D eigenvalue weighted by molar-refractivity contribution is 0.562. The van der Waals surface area contributed by atoms with Crippen molar-refractivity contribution in [3.8, 4) is 0 Å². The molecule has 5 nitrogen and oxygen atoms in total. The number of nitrogens with one attached hydrogen (secondary N) is 1. The van der Waals surface area contributed by atoms with Gasteiger partial charge >= 0.3 is 17.8 Å². The van der Waals surface area contributed by atoms with Crippen molar-refractivity contribution >= 4 is 18.1 Å². The number of rotatable bonds is 2. The Labute approximate surface area is 62.9 Å². The minimum absolute atomic E-state index is 0.104. The number of nitrogens with zero attached hydrogens (tertiary/aromatic N) is 3. The van der Waals surface area contributed by atoms with E-state index in [9.17, 15) is 4.79 Å². The van der Waals surface area contributed by atoms with E-state index in [2.05, 4.69) is 9.98 Å². The van der Waals surface area contributed by atoms with Gasteiger partial charge in [0.25, 0.3) is 0 Å². The molecule has 0 atom stereocenters. The van der Waals surface area contributed by atoms with Crippen LogP contribution in [0, 0.1) is 5.41 Å². The van der Waals surface area contributed by atoms with Crippen molar-refractivity contribution in [3.05, 3.63) is 12.0 Å². The van der Waals surface area contributed by atoms with Crippen LogP contribution in [0.5, 0.6) is 0 Å². The minimum atomic E-state index is 0.104. The Bertz CT molecular complexity index is 321. The number of aromatic nitrogens is 2. The second-order valence-corrected chi connectivity index (χ2v) is 1.85. The number of aliphatic imine (C=N–C) groups is 1. The van der Waals surface area contributed by atoms with E-state index in [1.54, 1.807) is 13.3 Å². The number of hydrogen-bond acceptors (Lipinski definition) is 4. The molecule has 0 aliphatic rings. The van der Waals surface area contributed by atoms with Gasteiger partial charge in [-0.15, -0.1) is 0 Å². The van der Waals surface area contributed by atoms with Gasteiger partial charge in [-0.2, -0.15) is 4.98 Å². The van der Waals surface area contributed by atoms with Crippen LogP contribution in [0.1, 0.15) is 5.69 Å². The van der Waals surface area contributed by atoms with Crippen LogP contribution in [-0.4, -0.2) is 21.8 Å². The molecule has 11 heavy (non-hydrogen) atoms. The maximum atomic E-state index is 10.2. The van der Waals surface area contributed by atoms with Gasteiger partial charge in [0.2, 0.25) is 0 Å². The summed E-state index contributed by atoms with van der Waals surface area (Å²) in [5.74, 6) is 0.301. The predicted octanol–water partition coefficient (Wildman–Crippen LogP) is 0.262. The van der Waals surface area contributed by atoms with E-state index in [0.29, 0.717) is 5.82 Å². The Hall–Kier alpha value is -1.83. The van der Waals surface area contributed by atoms with Crippen LogP contribution in [-0.2, 0) is 11.8 Å². The van der Waals surface area contributed by atoms with Crippen molar-refractivity contribution in [2.45, 2.75) is 0 Å². The highest BCUT2D eigenvalue weighted by Crippen LogP contribution is 2.12. The molecule has 0 fully saturated rings. The zero-order valence-corrected chi connectivity index (χ0v) is 5.83. The Kier molecular flexibility index (Phi) is 1.88. The second-order valence-electron chi connectivity index (χ2n) is 1.85. The van der Waals surface area contributed by atoms with Gasteiger partial charge in [-0.05, 0) is 0 Å². The summed E-state index contributed by atoms with van der Waals surface area (Å²) in [6.07, 6.45) is 3.03. The molecule has 0 aromatic carbocycles. The van der Waals surface area contributed by atoms with E-state index < -0.39 is 0 Å². The fourth-order valence-electron chi connectivity index (χ4n) is 0.681. The highest BCUT2D eigenvalue weighted by molar-refractivity contribution is 5.79. The molecule has 1 aromatic heterocycles. The molecule has 1 N–H and O–H groups in total. The highest BCUT2D eigenvalue weighted by Gasteiger charge is 2.19. The molecule has 0 aliphatic carbocycles. The Morgan fingerprint density at radius 3 is 3.18 bits per heavy atom. The van der Waals surface area contributed by atoms with Crippen molar-refractivity contribution in [1.29, 1.82) is 5.41 Å².